The number of benzene rings is 2. The van der Waals surface area contributed by atoms with Gasteiger partial charge in [0.25, 0.3) is 0 Å². The maximum absolute atomic E-state index is 12.8. The molecule has 28 heavy (non-hydrogen) atoms. The van der Waals surface area contributed by atoms with E-state index in [4.69, 9.17) is 4.74 Å². The van der Waals surface area contributed by atoms with Crippen molar-refractivity contribution in [3.05, 3.63) is 64.9 Å². The Bertz CT molecular complexity index is 1060. The van der Waals surface area contributed by atoms with Crippen molar-refractivity contribution in [3.8, 4) is 5.75 Å². The Hall–Kier alpha value is -2.60. The standard InChI is InChI=1S/C22H20BrN3O2/c23-15-5-6-20-17(11-15)19(12-22(28-20)8-2-9-22)26-21(27)25-18-4-1-3-14-13-24-10-7-16(14)18/h1,3-7,10-11,13,19H,2,8-9,12H2,(H2,25,26,27). The SMILES string of the molecule is O=C(Nc1cccc2cnccc12)NC1CC2(CCC2)Oc2ccc(Br)cc21. The number of hydrogen-bond donors (Lipinski definition) is 2. The van der Waals surface area contributed by atoms with Gasteiger partial charge in [0.15, 0.2) is 0 Å². The van der Waals surface area contributed by atoms with Gasteiger partial charge in [-0.15, -0.1) is 0 Å². The van der Waals surface area contributed by atoms with Crippen molar-refractivity contribution in [3.63, 3.8) is 0 Å². The van der Waals surface area contributed by atoms with E-state index in [0.717, 1.165) is 51.5 Å². The molecule has 0 bridgehead atoms. The molecule has 1 unspecified atom stereocenters. The number of hydrogen-bond acceptors (Lipinski definition) is 3. The highest BCUT2D eigenvalue weighted by Crippen LogP contribution is 2.49. The molecule has 2 N–H and O–H groups in total. The van der Waals surface area contributed by atoms with Crippen LogP contribution in [-0.2, 0) is 0 Å². The third kappa shape index (κ3) is 3.11. The van der Waals surface area contributed by atoms with Gasteiger partial charge < -0.3 is 15.4 Å². The van der Waals surface area contributed by atoms with Crippen LogP contribution in [-0.4, -0.2) is 16.6 Å². The first-order valence-corrected chi connectivity index (χ1v) is 10.3. The van der Waals surface area contributed by atoms with E-state index >= 15 is 0 Å². The van der Waals surface area contributed by atoms with Gasteiger partial charge in [-0.2, -0.15) is 0 Å². The lowest BCUT2D eigenvalue weighted by Crippen LogP contribution is -2.50. The zero-order chi connectivity index (χ0) is 19.1. The summed E-state index contributed by atoms with van der Waals surface area (Å²) in [5.74, 6) is 0.871. The van der Waals surface area contributed by atoms with Gasteiger partial charge >= 0.3 is 6.03 Å². The molecule has 1 saturated carbocycles. The number of nitrogens with one attached hydrogen (secondary N) is 2. The van der Waals surface area contributed by atoms with Crippen LogP contribution in [0.3, 0.4) is 0 Å². The topological polar surface area (TPSA) is 63.2 Å². The van der Waals surface area contributed by atoms with Gasteiger partial charge in [0, 0.05) is 39.6 Å². The predicted octanol–water partition coefficient (Wildman–Crippen LogP) is 5.57. The second kappa shape index (κ2) is 6.78. The largest absolute Gasteiger partial charge is 0.487 e. The summed E-state index contributed by atoms with van der Waals surface area (Å²) in [5.41, 5.74) is 1.66. The lowest BCUT2D eigenvalue weighted by molar-refractivity contribution is -0.0354. The van der Waals surface area contributed by atoms with Crippen LogP contribution >= 0.6 is 15.9 Å². The molecule has 1 aliphatic carbocycles. The summed E-state index contributed by atoms with van der Waals surface area (Å²) in [4.78, 5) is 17.0. The number of pyridine rings is 1. The molecule has 2 heterocycles. The highest BCUT2D eigenvalue weighted by atomic mass is 79.9. The third-order valence-electron chi connectivity index (χ3n) is 5.75. The van der Waals surface area contributed by atoms with Gasteiger partial charge in [0.2, 0.25) is 0 Å². The van der Waals surface area contributed by atoms with Gasteiger partial charge in [0.1, 0.15) is 11.4 Å². The summed E-state index contributed by atoms with van der Waals surface area (Å²) < 4.78 is 7.28. The Balaban J connectivity index is 1.40. The van der Waals surface area contributed by atoms with E-state index in [1.807, 2.05) is 42.5 Å². The Morgan fingerprint density at radius 2 is 2.11 bits per heavy atom. The first kappa shape index (κ1) is 17.5. The summed E-state index contributed by atoms with van der Waals surface area (Å²) in [5, 5.41) is 8.15. The Morgan fingerprint density at radius 3 is 2.93 bits per heavy atom. The van der Waals surface area contributed by atoms with E-state index in [1.165, 1.54) is 6.42 Å². The molecule has 3 aromatic rings. The van der Waals surface area contributed by atoms with E-state index in [-0.39, 0.29) is 17.7 Å². The molecule has 0 radical (unpaired) electrons. The molecular formula is C22H20BrN3O2. The van der Waals surface area contributed by atoms with Crippen molar-refractivity contribution in [1.82, 2.24) is 10.3 Å². The van der Waals surface area contributed by atoms with Crippen LogP contribution in [0.4, 0.5) is 10.5 Å². The monoisotopic (exact) mass is 437 g/mol. The number of fused-ring (bicyclic) bond motifs is 2. The third-order valence-corrected chi connectivity index (χ3v) is 6.24. The lowest BCUT2D eigenvalue weighted by Gasteiger charge is -2.48. The van der Waals surface area contributed by atoms with Crippen molar-refractivity contribution in [2.24, 2.45) is 0 Å². The van der Waals surface area contributed by atoms with Crippen molar-refractivity contribution in [1.29, 1.82) is 0 Å². The van der Waals surface area contributed by atoms with E-state index in [1.54, 1.807) is 12.4 Å². The van der Waals surface area contributed by atoms with Gasteiger partial charge in [-0.25, -0.2) is 4.79 Å². The highest BCUT2D eigenvalue weighted by molar-refractivity contribution is 9.10. The molecule has 0 saturated heterocycles. The van der Waals surface area contributed by atoms with Crippen LogP contribution in [0.1, 0.15) is 37.3 Å². The van der Waals surface area contributed by atoms with E-state index < -0.39 is 0 Å². The number of carbonyl (C=O) groups is 1. The lowest BCUT2D eigenvalue weighted by atomic mass is 9.73. The maximum atomic E-state index is 12.8. The summed E-state index contributed by atoms with van der Waals surface area (Å²) in [7, 11) is 0. The predicted molar refractivity (Wildman–Crippen MR) is 113 cm³/mol. The number of ether oxygens (including phenoxy) is 1. The Labute approximate surface area is 171 Å². The van der Waals surface area contributed by atoms with Crippen LogP contribution in [0.15, 0.2) is 59.3 Å². The highest BCUT2D eigenvalue weighted by Gasteiger charge is 2.46. The second-order valence-electron chi connectivity index (χ2n) is 7.58. The number of urea groups is 1. The Morgan fingerprint density at radius 1 is 1.21 bits per heavy atom. The van der Waals surface area contributed by atoms with Crippen LogP contribution in [0.25, 0.3) is 10.8 Å². The zero-order valence-electron chi connectivity index (χ0n) is 15.2. The maximum Gasteiger partial charge on any atom is 0.319 e. The first-order valence-electron chi connectivity index (χ1n) is 9.51. The molecule has 6 heteroatoms. The van der Waals surface area contributed by atoms with Gasteiger partial charge in [-0.3, -0.25) is 4.98 Å². The van der Waals surface area contributed by atoms with Crippen molar-refractivity contribution in [2.75, 3.05) is 5.32 Å². The summed E-state index contributed by atoms with van der Waals surface area (Å²) in [6, 6.07) is 13.4. The van der Waals surface area contributed by atoms with Crippen LogP contribution in [0.2, 0.25) is 0 Å². The number of rotatable bonds is 2. The summed E-state index contributed by atoms with van der Waals surface area (Å²) >= 11 is 3.53. The number of carbonyl (C=O) groups excluding carboxylic acids is 1. The fourth-order valence-electron chi connectivity index (χ4n) is 4.20. The minimum atomic E-state index is -0.211. The summed E-state index contributed by atoms with van der Waals surface area (Å²) in [6.07, 6.45) is 7.58. The number of nitrogens with zero attached hydrogens (tertiary/aromatic N) is 1. The summed E-state index contributed by atoms with van der Waals surface area (Å²) in [6.45, 7) is 0. The minimum absolute atomic E-state index is 0.0850. The Kier molecular flexibility index (Phi) is 4.23. The van der Waals surface area contributed by atoms with Crippen molar-refractivity contribution < 1.29 is 9.53 Å². The van der Waals surface area contributed by atoms with E-state index in [9.17, 15) is 4.79 Å². The number of anilines is 1. The normalized spacial score (nSPS) is 19.4. The fourth-order valence-corrected chi connectivity index (χ4v) is 4.57. The molecule has 142 valence electrons. The van der Waals surface area contributed by atoms with Crippen molar-refractivity contribution >= 4 is 38.4 Å². The van der Waals surface area contributed by atoms with Crippen LogP contribution in [0, 0.1) is 0 Å². The number of aromatic nitrogens is 1. The molecule has 2 amide bonds. The van der Waals surface area contributed by atoms with Crippen molar-refractivity contribution in [2.45, 2.75) is 37.3 Å². The quantitative estimate of drug-likeness (QED) is 0.550. The number of halogens is 1. The molecule has 1 aliphatic heterocycles. The fraction of sp³-hybridized carbons (Fsp3) is 0.273. The molecule has 1 spiro atoms. The second-order valence-corrected chi connectivity index (χ2v) is 8.49. The molecule has 1 atom stereocenters. The van der Waals surface area contributed by atoms with Gasteiger partial charge in [0.05, 0.1) is 11.7 Å². The molecule has 1 aromatic heterocycles. The molecule has 1 fully saturated rings. The molecule has 5 rings (SSSR count). The average molecular weight is 438 g/mol. The number of amides is 2. The van der Waals surface area contributed by atoms with Gasteiger partial charge in [-0.1, -0.05) is 28.1 Å². The van der Waals surface area contributed by atoms with E-state index in [2.05, 4.69) is 31.5 Å². The van der Waals surface area contributed by atoms with Crippen LogP contribution in [0.5, 0.6) is 5.75 Å². The van der Waals surface area contributed by atoms with E-state index in [0.29, 0.717) is 0 Å². The minimum Gasteiger partial charge on any atom is -0.487 e. The average Bonchev–Trinajstić information content (AvgIpc) is 2.67. The molecule has 5 nitrogen and oxygen atoms in total. The van der Waals surface area contributed by atoms with Crippen LogP contribution < -0.4 is 15.4 Å². The molecule has 2 aliphatic rings. The first-order chi connectivity index (χ1) is 13.6. The zero-order valence-corrected chi connectivity index (χ0v) is 16.8. The van der Waals surface area contributed by atoms with Gasteiger partial charge in [-0.05, 0) is 49.6 Å². The molecule has 2 aromatic carbocycles. The smallest absolute Gasteiger partial charge is 0.319 e. The molecular weight excluding hydrogens is 418 g/mol.